The molecule has 35 heavy (non-hydrogen) atoms. The van der Waals surface area contributed by atoms with Gasteiger partial charge in [0.1, 0.15) is 0 Å². The normalized spacial score (nSPS) is 11.9. The van der Waals surface area contributed by atoms with Crippen molar-refractivity contribution in [2.24, 2.45) is 0 Å². The molecule has 216 valence electrons. The fraction of sp³-hybridized carbons (Fsp3) is 0.846. The Balaban J connectivity index is -0.000000162. The number of rotatable bonds is 18. The molecule has 1 N–H and O–H groups in total. The molecule has 0 saturated heterocycles. The summed E-state index contributed by atoms with van der Waals surface area (Å²) in [6, 6.07) is 0. The summed E-state index contributed by atoms with van der Waals surface area (Å²) >= 11 is -4.02. The van der Waals surface area contributed by atoms with Crippen molar-refractivity contribution in [2.45, 2.75) is 114 Å². The van der Waals surface area contributed by atoms with E-state index in [4.69, 9.17) is 9.29 Å². The first-order valence-electron chi connectivity index (χ1n) is 12.8. The summed E-state index contributed by atoms with van der Waals surface area (Å²) < 4.78 is 36.9. The topological polar surface area (TPSA) is 63.6 Å². The van der Waals surface area contributed by atoms with Gasteiger partial charge in [-0.2, -0.15) is 19.8 Å². The van der Waals surface area contributed by atoms with Crippen molar-refractivity contribution in [3.63, 3.8) is 0 Å². The molecule has 2 atom stereocenters. The van der Waals surface area contributed by atoms with E-state index >= 15 is 0 Å². The minimum atomic E-state index is -3.30. The number of hydrogen-bond donors (Lipinski definition) is 1. The summed E-state index contributed by atoms with van der Waals surface area (Å²) in [5, 5.41) is 8.83. The van der Waals surface area contributed by atoms with Crippen LogP contribution in [0.2, 0.25) is 27.6 Å². The van der Waals surface area contributed by atoms with E-state index in [1.165, 1.54) is 69.1 Å². The molecule has 0 aliphatic heterocycles. The molecule has 0 aliphatic carbocycles. The van der Waals surface area contributed by atoms with Crippen molar-refractivity contribution in [3.05, 3.63) is 20.3 Å². The molecule has 0 aromatic rings. The summed E-state index contributed by atoms with van der Waals surface area (Å²) in [6.45, 7) is 9.41. The molecule has 0 aliphatic rings. The van der Waals surface area contributed by atoms with Crippen molar-refractivity contribution < 1.29 is 17.7 Å². The number of aliphatic hydroxyl groups excluding tert-OH is 1. The molecule has 0 aromatic heterocycles. The van der Waals surface area contributed by atoms with Crippen LogP contribution in [0.25, 0.3) is 0 Å². The summed E-state index contributed by atoms with van der Waals surface area (Å²) in [4.78, 5) is 4.98. The molecule has 0 aromatic carbocycles. The number of hydrogen-bond acceptors (Lipinski definition) is 4. The Morgan fingerprint density at radius 3 is 1.29 bits per heavy atom. The second kappa shape index (κ2) is 28.8. The Kier molecular flexibility index (Phi) is 38.4. The zero-order valence-corrected chi connectivity index (χ0v) is 33.1. The molecule has 0 rings (SSSR count). The molecule has 0 saturated carbocycles. The molecular formula is C26H64O4P2SSn2. The molecular weight excluding hydrogens is 708 g/mol. The Morgan fingerprint density at radius 2 is 1.03 bits per heavy atom. The van der Waals surface area contributed by atoms with Crippen LogP contribution in [0.4, 0.5) is 0 Å². The van der Waals surface area contributed by atoms with Crippen LogP contribution in [0.15, 0.2) is 20.3 Å². The van der Waals surface area contributed by atoms with E-state index in [2.05, 4.69) is 45.8 Å². The quantitative estimate of drug-likeness (QED) is 0.0867. The van der Waals surface area contributed by atoms with Crippen LogP contribution < -0.4 is 0 Å². The van der Waals surface area contributed by atoms with Crippen molar-refractivity contribution >= 4 is 66.7 Å². The van der Waals surface area contributed by atoms with E-state index < -0.39 is 46.9 Å². The van der Waals surface area contributed by atoms with Crippen molar-refractivity contribution in [1.82, 2.24) is 0 Å². The SMILES string of the molecule is C.CCC[CH2][Sn]([CH3])(/[CH]=C/CO)[CH2]CCC.CCC[CH2][Sn]([CH3])(/[CH]=C/COS(C)(=O)=O)[CH2]CCC.P.P. The molecule has 0 spiro atoms. The first-order chi connectivity index (χ1) is 15.0. The van der Waals surface area contributed by atoms with Crippen LogP contribution in [0.3, 0.4) is 0 Å². The average molecular weight is 772 g/mol. The smallest absolute Gasteiger partial charge is 0.153 e. The molecule has 0 bridgehead atoms. The molecule has 4 nitrogen and oxygen atoms in total. The predicted molar refractivity (Wildman–Crippen MR) is 177 cm³/mol. The standard InChI is InChI=1S/C4H7O3S.4C4H9.C3H5O.CH4.2CH3.2H3P.2Sn/c1-3-4-7-8(2,5)6;4*1-3-4-2;1-2-3-4;;;;;;;/h1,3H,4H2,2H3;4*1,3-4H2,2H3;1-2,4H,3H2;1H4;4*1H3;;. The molecule has 9 heteroatoms. The van der Waals surface area contributed by atoms with Gasteiger partial charge in [-0.1, -0.05) is 7.43 Å². The van der Waals surface area contributed by atoms with Gasteiger partial charge < -0.3 is 0 Å². The summed E-state index contributed by atoms with van der Waals surface area (Å²) in [6.07, 6.45) is 15.5. The third kappa shape index (κ3) is 31.9. The maximum Gasteiger partial charge on any atom is -0.153 e. The van der Waals surface area contributed by atoms with E-state index in [-0.39, 0.29) is 40.4 Å². The van der Waals surface area contributed by atoms with E-state index in [1.807, 2.05) is 12.2 Å². The van der Waals surface area contributed by atoms with Gasteiger partial charge >= 0.3 is 211 Å². The monoisotopic (exact) mass is 774 g/mol. The Bertz CT molecular complexity index is 584. The average Bonchev–Trinajstić information content (AvgIpc) is 2.75. The fourth-order valence-electron chi connectivity index (χ4n) is 3.74. The van der Waals surface area contributed by atoms with Gasteiger partial charge in [0, 0.05) is 0 Å². The third-order valence-corrected chi connectivity index (χ3v) is 29.5. The van der Waals surface area contributed by atoms with Gasteiger partial charge in [-0.3, -0.25) is 0 Å². The second-order valence-electron chi connectivity index (χ2n) is 9.70. The largest absolute Gasteiger partial charge is 0.153 e. The van der Waals surface area contributed by atoms with Gasteiger partial charge in [0.15, 0.2) is 0 Å². The van der Waals surface area contributed by atoms with Gasteiger partial charge in [0.25, 0.3) is 0 Å². The van der Waals surface area contributed by atoms with E-state index in [9.17, 15) is 8.42 Å². The predicted octanol–water partition coefficient (Wildman–Crippen LogP) is 8.24. The van der Waals surface area contributed by atoms with Crippen LogP contribution in [-0.4, -0.2) is 69.7 Å². The van der Waals surface area contributed by atoms with Crippen LogP contribution in [0.1, 0.15) is 86.5 Å². The first-order valence-corrected chi connectivity index (χ1v) is 31.7. The number of aliphatic hydroxyl groups is 1. The van der Waals surface area contributed by atoms with Crippen molar-refractivity contribution in [1.29, 1.82) is 0 Å². The maximum atomic E-state index is 10.9. The van der Waals surface area contributed by atoms with Crippen LogP contribution in [0.5, 0.6) is 0 Å². The van der Waals surface area contributed by atoms with E-state index in [0.29, 0.717) is 0 Å². The van der Waals surface area contributed by atoms with Gasteiger partial charge in [-0.05, 0) is 0 Å². The third-order valence-electron chi connectivity index (χ3n) is 5.93. The molecule has 2 unspecified atom stereocenters. The van der Waals surface area contributed by atoms with E-state index in [1.54, 1.807) is 0 Å². The molecule has 0 heterocycles. The Morgan fingerprint density at radius 1 is 0.714 bits per heavy atom. The van der Waals surface area contributed by atoms with Gasteiger partial charge in [0.2, 0.25) is 0 Å². The Labute approximate surface area is 236 Å². The first kappa shape index (κ1) is 46.6. The summed E-state index contributed by atoms with van der Waals surface area (Å²) in [7, 11) is -3.30. The zero-order chi connectivity index (χ0) is 24.9. The van der Waals surface area contributed by atoms with E-state index in [0.717, 1.165) is 6.26 Å². The molecule has 0 amide bonds. The number of unbranched alkanes of at least 4 members (excludes halogenated alkanes) is 4. The van der Waals surface area contributed by atoms with Gasteiger partial charge in [-0.25, -0.2) is 0 Å². The van der Waals surface area contributed by atoms with Crippen molar-refractivity contribution in [3.8, 4) is 0 Å². The van der Waals surface area contributed by atoms with Crippen LogP contribution >= 0.6 is 19.8 Å². The molecule has 0 radical (unpaired) electrons. The van der Waals surface area contributed by atoms with Gasteiger partial charge in [-0.15, -0.1) is 0 Å². The van der Waals surface area contributed by atoms with Crippen LogP contribution in [0, 0.1) is 0 Å². The summed E-state index contributed by atoms with van der Waals surface area (Å²) in [5.74, 6) is 0. The summed E-state index contributed by atoms with van der Waals surface area (Å²) in [5.41, 5.74) is 0. The fourth-order valence-corrected chi connectivity index (χ4v) is 24.5. The zero-order valence-electron chi connectivity index (χ0n) is 23.7. The second-order valence-corrected chi connectivity index (χ2v) is 37.8. The maximum absolute atomic E-state index is 10.9. The minimum absolute atomic E-state index is 0. The minimum Gasteiger partial charge on any atom is -0.153 e. The van der Waals surface area contributed by atoms with Crippen molar-refractivity contribution in [2.75, 3.05) is 19.5 Å². The van der Waals surface area contributed by atoms with Crippen LogP contribution in [-0.2, 0) is 14.3 Å². The molecule has 0 fully saturated rings. The Hall–Kier alpha value is 1.81. The van der Waals surface area contributed by atoms with Gasteiger partial charge in [0.05, 0.1) is 0 Å².